The minimum absolute atomic E-state index is 0.0346. The van der Waals surface area contributed by atoms with Crippen LogP contribution in [0.3, 0.4) is 0 Å². The zero-order chi connectivity index (χ0) is 32.8. The summed E-state index contributed by atoms with van der Waals surface area (Å²) in [5.41, 5.74) is -0.265. The van der Waals surface area contributed by atoms with Gasteiger partial charge in [-0.15, -0.1) is 0 Å². The molecule has 0 unspecified atom stereocenters. The molecule has 236 valence electrons. The Morgan fingerprint density at radius 3 is 2.11 bits per heavy atom. The number of ether oxygens (including phenoxy) is 1. The number of rotatable bonds is 10. The van der Waals surface area contributed by atoms with Crippen molar-refractivity contribution >= 4 is 40.9 Å². The number of imide groups is 1. The van der Waals surface area contributed by atoms with Gasteiger partial charge in [0.15, 0.2) is 11.6 Å². The van der Waals surface area contributed by atoms with Crippen LogP contribution in [0.5, 0.6) is 5.75 Å². The van der Waals surface area contributed by atoms with Crippen molar-refractivity contribution in [3.63, 3.8) is 0 Å². The van der Waals surface area contributed by atoms with Crippen LogP contribution in [-0.4, -0.2) is 67.9 Å². The van der Waals surface area contributed by atoms with Gasteiger partial charge < -0.3 is 25.6 Å². The number of nitrogens with zero attached hydrogens (tertiary/aromatic N) is 3. The number of benzene rings is 3. The third kappa shape index (κ3) is 7.07. The molecule has 0 atom stereocenters. The van der Waals surface area contributed by atoms with E-state index in [1.54, 1.807) is 50.2 Å². The molecule has 1 heterocycles. The van der Waals surface area contributed by atoms with Crippen LogP contribution in [0.1, 0.15) is 12.5 Å². The van der Waals surface area contributed by atoms with E-state index in [0.717, 1.165) is 18.2 Å². The molecule has 0 spiro atoms. The highest BCUT2D eigenvalue weighted by Crippen LogP contribution is 2.34. The zero-order valence-electron chi connectivity index (χ0n) is 25.0. The van der Waals surface area contributed by atoms with E-state index >= 15 is 4.39 Å². The maximum Gasteiger partial charge on any atom is 0.337 e. The fourth-order valence-corrected chi connectivity index (χ4v) is 4.60. The number of hydrogen-bond donors (Lipinski definition) is 4. The van der Waals surface area contributed by atoms with E-state index in [9.17, 15) is 23.2 Å². The first-order chi connectivity index (χ1) is 21.5. The lowest BCUT2D eigenvalue weighted by molar-refractivity contribution is -0.114. The number of urea groups is 2. The van der Waals surface area contributed by atoms with E-state index in [-0.39, 0.29) is 23.6 Å². The second-order valence-electron chi connectivity index (χ2n) is 10.1. The van der Waals surface area contributed by atoms with Gasteiger partial charge >= 0.3 is 12.1 Å². The number of anilines is 3. The molecule has 1 saturated heterocycles. The Morgan fingerprint density at radius 1 is 0.933 bits per heavy atom. The van der Waals surface area contributed by atoms with E-state index < -0.39 is 59.1 Å². The van der Waals surface area contributed by atoms with Crippen LogP contribution >= 0.6 is 0 Å². The van der Waals surface area contributed by atoms with E-state index in [2.05, 4.69) is 16.0 Å². The molecular formula is C31H32F3N7O4. The van der Waals surface area contributed by atoms with Crippen molar-refractivity contribution < 1.29 is 32.3 Å². The molecule has 11 nitrogen and oxygen atoms in total. The normalized spacial score (nSPS) is 14.5. The van der Waals surface area contributed by atoms with Crippen molar-refractivity contribution in [2.75, 3.05) is 49.8 Å². The Morgan fingerprint density at radius 2 is 1.53 bits per heavy atom. The number of likely N-dealkylation sites (N-methyl/N-ethyl adjacent to an activating group) is 1. The summed E-state index contributed by atoms with van der Waals surface area (Å²) in [6, 6.07) is 11.9. The van der Waals surface area contributed by atoms with E-state index in [4.69, 9.17) is 10.1 Å². The van der Waals surface area contributed by atoms with Gasteiger partial charge in [-0.2, -0.15) is 0 Å². The first-order valence-electron chi connectivity index (χ1n) is 13.8. The monoisotopic (exact) mass is 623 g/mol. The lowest BCUT2D eigenvalue weighted by atomic mass is 10.0. The minimum atomic E-state index is -1.19. The Balaban J connectivity index is 1.84. The van der Waals surface area contributed by atoms with Gasteiger partial charge in [-0.1, -0.05) is 12.1 Å². The SMILES string of the molecule is CCNC(=O)Nc1ccc(N/C(CN(C)C)=C2\C(=N)N(Cc3c(F)cccc3F)C(=O)N(c3cccc(OC)c3F)C2=O)cc1. The highest BCUT2D eigenvalue weighted by molar-refractivity contribution is 6.38. The van der Waals surface area contributed by atoms with Crippen molar-refractivity contribution in [1.29, 1.82) is 5.41 Å². The maximum absolute atomic E-state index is 15.5. The molecule has 3 aromatic rings. The Hall–Kier alpha value is -5.37. The van der Waals surface area contributed by atoms with E-state index in [0.29, 0.717) is 27.7 Å². The second kappa shape index (κ2) is 13.9. The van der Waals surface area contributed by atoms with Gasteiger partial charge in [0.25, 0.3) is 5.91 Å². The molecule has 14 heteroatoms. The maximum atomic E-state index is 15.5. The van der Waals surface area contributed by atoms with Gasteiger partial charge in [0.2, 0.25) is 0 Å². The van der Waals surface area contributed by atoms with E-state index in [1.165, 1.54) is 25.3 Å². The zero-order valence-corrected chi connectivity index (χ0v) is 25.0. The van der Waals surface area contributed by atoms with Gasteiger partial charge in [-0.05, 0) is 69.6 Å². The molecule has 4 rings (SSSR count). The van der Waals surface area contributed by atoms with Crippen molar-refractivity contribution in [2.45, 2.75) is 13.5 Å². The molecule has 0 aromatic heterocycles. The molecule has 3 aromatic carbocycles. The van der Waals surface area contributed by atoms with Crippen LogP contribution in [0.4, 0.5) is 39.8 Å². The Kier molecular flexibility index (Phi) is 10.1. The molecule has 0 saturated carbocycles. The lowest BCUT2D eigenvalue weighted by Gasteiger charge is -2.37. The number of nitrogens with one attached hydrogen (secondary N) is 4. The number of amides is 5. The largest absolute Gasteiger partial charge is 0.494 e. The molecule has 45 heavy (non-hydrogen) atoms. The third-order valence-electron chi connectivity index (χ3n) is 6.68. The van der Waals surface area contributed by atoms with Crippen LogP contribution in [0.15, 0.2) is 71.9 Å². The average molecular weight is 624 g/mol. The summed E-state index contributed by atoms with van der Waals surface area (Å²) in [7, 11) is 4.62. The van der Waals surface area contributed by atoms with Crippen LogP contribution in [0.2, 0.25) is 0 Å². The van der Waals surface area contributed by atoms with Gasteiger partial charge in [-0.3, -0.25) is 15.1 Å². The first kappa shape index (κ1) is 32.5. The summed E-state index contributed by atoms with van der Waals surface area (Å²) < 4.78 is 50.0. The van der Waals surface area contributed by atoms with Gasteiger partial charge in [-0.25, -0.2) is 27.7 Å². The molecule has 5 amide bonds. The number of halogens is 3. The lowest BCUT2D eigenvalue weighted by Crippen LogP contribution is -2.57. The van der Waals surface area contributed by atoms with Crippen molar-refractivity contribution in [2.24, 2.45) is 0 Å². The standard InChI is InChI=1S/C31H32F3N7O4/c1-5-36-30(43)38-19-14-12-18(13-15-19)37-23(17-39(2)3)26-28(35)40(16-20-21(32)8-6-9-22(20)33)31(44)41(29(26)42)24-10-7-11-25(45-4)27(24)34/h6-15,35,37H,5,16-17H2,1-4H3,(H2,36,38,43)/b26-23+,35-28?. The number of carbonyl (C=O) groups excluding carboxylic acids is 3. The fraction of sp³-hybridized carbons (Fsp3) is 0.226. The average Bonchev–Trinajstić information content (AvgIpc) is 2.98. The first-order valence-corrected chi connectivity index (χ1v) is 13.8. The molecule has 1 aliphatic rings. The summed E-state index contributed by atoms with van der Waals surface area (Å²) in [4.78, 5) is 42.7. The van der Waals surface area contributed by atoms with E-state index in [1.807, 2.05) is 0 Å². The van der Waals surface area contributed by atoms with Crippen molar-refractivity contribution in [3.8, 4) is 5.75 Å². The summed E-state index contributed by atoms with van der Waals surface area (Å²) in [6.45, 7) is 1.49. The molecular weight excluding hydrogens is 591 g/mol. The minimum Gasteiger partial charge on any atom is -0.494 e. The quantitative estimate of drug-likeness (QED) is 0.232. The molecule has 0 bridgehead atoms. The molecule has 0 aliphatic carbocycles. The van der Waals surface area contributed by atoms with Gasteiger partial charge in [0.05, 0.1) is 19.3 Å². The topological polar surface area (TPSA) is 130 Å². The summed E-state index contributed by atoms with van der Waals surface area (Å²) in [6.07, 6.45) is 0. The number of amidine groups is 1. The Labute approximate surface area is 257 Å². The Bertz CT molecular complexity index is 1640. The van der Waals surface area contributed by atoms with Crippen LogP contribution < -0.4 is 25.6 Å². The number of carbonyl (C=O) groups is 3. The van der Waals surface area contributed by atoms with Crippen LogP contribution in [0, 0.1) is 22.9 Å². The van der Waals surface area contributed by atoms with Crippen molar-refractivity contribution in [3.05, 3.63) is 94.9 Å². The number of hydrogen-bond acceptors (Lipinski definition) is 7. The highest BCUT2D eigenvalue weighted by Gasteiger charge is 2.44. The fourth-order valence-electron chi connectivity index (χ4n) is 4.60. The predicted molar refractivity (Wildman–Crippen MR) is 164 cm³/mol. The third-order valence-corrected chi connectivity index (χ3v) is 6.68. The highest BCUT2D eigenvalue weighted by atomic mass is 19.1. The summed E-state index contributed by atoms with van der Waals surface area (Å²) in [5, 5.41) is 17.3. The van der Waals surface area contributed by atoms with Crippen molar-refractivity contribution in [1.82, 2.24) is 15.1 Å². The summed E-state index contributed by atoms with van der Waals surface area (Å²) >= 11 is 0. The van der Waals surface area contributed by atoms with Crippen LogP contribution in [-0.2, 0) is 11.3 Å². The predicted octanol–water partition coefficient (Wildman–Crippen LogP) is 5.13. The molecule has 1 aliphatic heterocycles. The van der Waals surface area contributed by atoms with Gasteiger partial charge in [0.1, 0.15) is 23.0 Å². The molecule has 1 fully saturated rings. The summed E-state index contributed by atoms with van der Waals surface area (Å²) in [5.74, 6) is -4.90. The number of methoxy groups -OCH3 is 1. The molecule has 4 N–H and O–H groups in total. The molecule has 0 radical (unpaired) electrons. The van der Waals surface area contributed by atoms with Gasteiger partial charge in [0, 0.05) is 35.7 Å². The smallest absolute Gasteiger partial charge is 0.337 e. The van der Waals surface area contributed by atoms with Crippen LogP contribution in [0.25, 0.3) is 0 Å². The second-order valence-corrected chi connectivity index (χ2v) is 10.1.